The van der Waals surface area contributed by atoms with Crippen molar-refractivity contribution >= 4 is 23.4 Å². The van der Waals surface area contributed by atoms with Gasteiger partial charge in [-0.15, -0.1) is 0 Å². The molecule has 4 N–H and O–H groups in total. The molecule has 0 unspecified atom stereocenters. The molecule has 0 bridgehead atoms. The van der Waals surface area contributed by atoms with Crippen LogP contribution in [0.15, 0.2) is 78.9 Å². The number of rotatable bonds is 10. The van der Waals surface area contributed by atoms with Crippen LogP contribution in [0.1, 0.15) is 15.9 Å². The maximum atomic E-state index is 13.0. The molecule has 2 heterocycles. The van der Waals surface area contributed by atoms with E-state index in [4.69, 9.17) is 9.47 Å². The third kappa shape index (κ3) is 8.13. The Labute approximate surface area is 236 Å². The normalized spacial score (nSPS) is 13.4. The summed E-state index contributed by atoms with van der Waals surface area (Å²) < 4.78 is 24.2. The Hall–Kier alpha value is -4.74. The molecule has 1 aliphatic heterocycles. The Balaban J connectivity index is 1.07. The molecule has 1 saturated heterocycles. The number of benzene rings is 3. The Morgan fingerprint density at radius 2 is 1.68 bits per heavy atom. The van der Waals surface area contributed by atoms with Crippen molar-refractivity contribution < 1.29 is 23.5 Å². The summed E-state index contributed by atoms with van der Waals surface area (Å²) >= 11 is 0. The molecule has 41 heavy (non-hydrogen) atoms. The number of urea groups is 1. The number of H-pyrrole nitrogens is 1. The summed E-state index contributed by atoms with van der Waals surface area (Å²) in [5.74, 6) is 0.473. The number of amides is 3. The lowest BCUT2D eigenvalue weighted by Gasteiger charge is -2.26. The minimum atomic E-state index is -0.388. The van der Waals surface area contributed by atoms with Gasteiger partial charge >= 0.3 is 6.03 Å². The highest BCUT2D eigenvalue weighted by atomic mass is 19.1. The van der Waals surface area contributed by atoms with Crippen LogP contribution >= 0.6 is 0 Å². The zero-order valence-corrected chi connectivity index (χ0v) is 22.4. The van der Waals surface area contributed by atoms with Gasteiger partial charge in [0.2, 0.25) is 0 Å². The summed E-state index contributed by atoms with van der Waals surface area (Å²) in [6, 6.07) is 21.5. The first kappa shape index (κ1) is 27.8. The van der Waals surface area contributed by atoms with E-state index in [9.17, 15) is 14.0 Å². The third-order valence-corrected chi connectivity index (χ3v) is 6.54. The van der Waals surface area contributed by atoms with Crippen LogP contribution in [0.3, 0.4) is 0 Å². The predicted molar refractivity (Wildman–Crippen MR) is 153 cm³/mol. The van der Waals surface area contributed by atoms with Crippen LogP contribution in [0.4, 0.5) is 20.7 Å². The molecule has 10 nitrogen and oxygen atoms in total. The van der Waals surface area contributed by atoms with Crippen molar-refractivity contribution in [3.8, 4) is 17.0 Å². The second-order valence-electron chi connectivity index (χ2n) is 9.46. The van der Waals surface area contributed by atoms with Crippen molar-refractivity contribution in [2.24, 2.45) is 0 Å². The zero-order chi connectivity index (χ0) is 28.4. The number of hydrogen-bond donors (Lipinski definition) is 4. The second kappa shape index (κ2) is 13.6. The van der Waals surface area contributed by atoms with E-state index in [2.05, 4.69) is 31.0 Å². The summed E-state index contributed by atoms with van der Waals surface area (Å²) in [7, 11) is 0. The number of morpholine rings is 1. The van der Waals surface area contributed by atoms with E-state index in [1.54, 1.807) is 30.3 Å². The number of anilines is 2. The molecule has 0 spiro atoms. The van der Waals surface area contributed by atoms with E-state index in [1.165, 1.54) is 24.3 Å². The summed E-state index contributed by atoms with van der Waals surface area (Å²) in [6.45, 7) is 5.08. The third-order valence-electron chi connectivity index (χ3n) is 6.54. The lowest BCUT2D eigenvalue weighted by molar-refractivity contribution is 0.0322. The lowest BCUT2D eigenvalue weighted by Crippen LogP contribution is -2.38. The molecule has 1 aliphatic rings. The monoisotopic (exact) mass is 558 g/mol. The SMILES string of the molecule is O=C(NCc1ccc(-c2cc(NC(=O)c3ccc(OCCN4CCOCC4)cc3)n[nH]2)cc1)Nc1ccc(F)cc1. The number of nitrogens with one attached hydrogen (secondary N) is 4. The number of hydrogen-bond acceptors (Lipinski definition) is 6. The van der Waals surface area contributed by atoms with Crippen molar-refractivity contribution in [3.05, 3.63) is 95.8 Å². The fraction of sp³-hybridized carbons (Fsp3) is 0.233. The highest BCUT2D eigenvalue weighted by Crippen LogP contribution is 2.21. The molecule has 3 amide bonds. The van der Waals surface area contributed by atoms with Crippen molar-refractivity contribution in [3.63, 3.8) is 0 Å². The van der Waals surface area contributed by atoms with Gasteiger partial charge in [0.25, 0.3) is 5.91 Å². The minimum Gasteiger partial charge on any atom is -0.492 e. The number of aromatic amines is 1. The maximum absolute atomic E-state index is 13.0. The van der Waals surface area contributed by atoms with Crippen LogP contribution < -0.4 is 20.7 Å². The summed E-state index contributed by atoms with van der Waals surface area (Å²) in [5.41, 5.74) is 3.50. The van der Waals surface area contributed by atoms with Gasteiger partial charge in [0, 0.05) is 43.5 Å². The summed E-state index contributed by atoms with van der Waals surface area (Å²) in [4.78, 5) is 27.1. The van der Waals surface area contributed by atoms with Crippen LogP contribution in [0.25, 0.3) is 11.3 Å². The van der Waals surface area contributed by atoms with Gasteiger partial charge < -0.3 is 25.4 Å². The first-order chi connectivity index (χ1) is 20.0. The number of carbonyl (C=O) groups is 2. The van der Waals surface area contributed by atoms with E-state index in [1.807, 2.05) is 24.3 Å². The quantitative estimate of drug-likeness (QED) is 0.228. The van der Waals surface area contributed by atoms with Crippen molar-refractivity contribution in [2.45, 2.75) is 6.54 Å². The number of halogens is 1. The Morgan fingerprint density at radius 3 is 2.41 bits per heavy atom. The molecule has 4 aromatic rings. The molecular weight excluding hydrogens is 527 g/mol. The number of nitrogens with zero attached hydrogens (tertiary/aromatic N) is 2. The fourth-order valence-corrected chi connectivity index (χ4v) is 4.24. The highest BCUT2D eigenvalue weighted by molar-refractivity contribution is 6.04. The first-order valence-corrected chi connectivity index (χ1v) is 13.3. The molecule has 212 valence electrons. The van der Waals surface area contributed by atoms with Gasteiger partial charge in [-0.3, -0.25) is 14.8 Å². The Morgan fingerprint density at radius 1 is 0.951 bits per heavy atom. The second-order valence-corrected chi connectivity index (χ2v) is 9.46. The highest BCUT2D eigenvalue weighted by Gasteiger charge is 2.12. The average Bonchev–Trinajstić information content (AvgIpc) is 3.47. The smallest absolute Gasteiger partial charge is 0.319 e. The Kier molecular flexibility index (Phi) is 9.19. The standard InChI is InChI=1S/C30H31FN6O4/c31-24-7-9-25(10-8-24)33-30(39)32-20-21-1-3-22(4-2-21)27-19-28(36-35-27)34-29(38)23-5-11-26(12-6-23)41-18-15-37-13-16-40-17-14-37/h1-12,19H,13-18,20H2,(H2,32,33,39)(H2,34,35,36,38). The first-order valence-electron chi connectivity index (χ1n) is 13.3. The molecular formula is C30H31FN6O4. The van der Waals surface area contributed by atoms with Gasteiger partial charge in [0.15, 0.2) is 5.82 Å². The van der Waals surface area contributed by atoms with Crippen LogP contribution in [0.5, 0.6) is 5.75 Å². The Bertz CT molecular complexity index is 1440. The average molecular weight is 559 g/mol. The zero-order valence-electron chi connectivity index (χ0n) is 22.4. The molecule has 0 atom stereocenters. The van der Waals surface area contributed by atoms with Gasteiger partial charge in [-0.25, -0.2) is 9.18 Å². The number of carbonyl (C=O) groups excluding carboxylic acids is 2. The number of ether oxygens (including phenoxy) is 2. The molecule has 3 aromatic carbocycles. The van der Waals surface area contributed by atoms with E-state index in [0.717, 1.165) is 49.7 Å². The van der Waals surface area contributed by atoms with E-state index >= 15 is 0 Å². The van der Waals surface area contributed by atoms with Crippen LogP contribution in [0, 0.1) is 5.82 Å². The predicted octanol–water partition coefficient (Wildman–Crippen LogP) is 4.50. The molecule has 11 heteroatoms. The van der Waals surface area contributed by atoms with E-state index < -0.39 is 0 Å². The van der Waals surface area contributed by atoms with Crippen LogP contribution in [0.2, 0.25) is 0 Å². The molecule has 0 aliphatic carbocycles. The largest absolute Gasteiger partial charge is 0.492 e. The van der Waals surface area contributed by atoms with Crippen molar-refractivity contribution in [1.82, 2.24) is 20.4 Å². The van der Waals surface area contributed by atoms with Crippen LogP contribution in [-0.4, -0.2) is 66.5 Å². The lowest BCUT2D eigenvalue weighted by atomic mass is 10.1. The molecule has 5 rings (SSSR count). The molecule has 1 fully saturated rings. The van der Waals surface area contributed by atoms with Crippen molar-refractivity contribution in [2.75, 3.05) is 50.1 Å². The van der Waals surface area contributed by atoms with Crippen molar-refractivity contribution in [1.29, 1.82) is 0 Å². The minimum absolute atomic E-state index is 0.275. The van der Waals surface area contributed by atoms with Crippen LogP contribution in [-0.2, 0) is 11.3 Å². The van der Waals surface area contributed by atoms with Gasteiger partial charge in [0.1, 0.15) is 18.2 Å². The van der Waals surface area contributed by atoms with E-state index in [-0.39, 0.29) is 17.8 Å². The fourth-order valence-electron chi connectivity index (χ4n) is 4.24. The van der Waals surface area contributed by atoms with Gasteiger partial charge in [-0.05, 0) is 59.7 Å². The maximum Gasteiger partial charge on any atom is 0.319 e. The van der Waals surface area contributed by atoms with Gasteiger partial charge in [-0.2, -0.15) is 5.10 Å². The topological polar surface area (TPSA) is 121 Å². The van der Waals surface area contributed by atoms with E-state index in [0.29, 0.717) is 36.0 Å². The van der Waals surface area contributed by atoms with Gasteiger partial charge in [-0.1, -0.05) is 24.3 Å². The molecule has 0 saturated carbocycles. The summed E-state index contributed by atoms with van der Waals surface area (Å²) in [6.07, 6.45) is 0. The molecule has 0 radical (unpaired) electrons. The number of aromatic nitrogens is 2. The summed E-state index contributed by atoms with van der Waals surface area (Å²) in [5, 5.41) is 15.4. The molecule has 1 aromatic heterocycles. The van der Waals surface area contributed by atoms with Gasteiger partial charge in [0.05, 0.1) is 18.9 Å².